The third-order valence-corrected chi connectivity index (χ3v) is 6.86. The van der Waals surface area contributed by atoms with Gasteiger partial charge in [0.15, 0.2) is 11.3 Å². The molecule has 1 fully saturated rings. The number of amidine groups is 1. The Morgan fingerprint density at radius 1 is 1.32 bits per heavy atom. The Morgan fingerprint density at radius 2 is 2.08 bits per heavy atom. The van der Waals surface area contributed by atoms with Crippen LogP contribution in [0.25, 0.3) is 16.5 Å². The molecule has 1 aromatic carbocycles. The van der Waals surface area contributed by atoms with Crippen molar-refractivity contribution in [2.45, 2.75) is 32.9 Å². The summed E-state index contributed by atoms with van der Waals surface area (Å²) in [7, 11) is 3.55. The Balaban J connectivity index is 1.77. The molecule has 3 heterocycles. The molecule has 1 aliphatic rings. The summed E-state index contributed by atoms with van der Waals surface area (Å²) in [5.41, 5.74) is 12.2. The fourth-order valence-corrected chi connectivity index (χ4v) is 4.76. The van der Waals surface area contributed by atoms with Gasteiger partial charge in [-0.1, -0.05) is 17.7 Å². The van der Waals surface area contributed by atoms with Crippen LogP contribution < -0.4 is 22.0 Å². The minimum atomic E-state index is -0.364. The van der Waals surface area contributed by atoms with E-state index in [1.54, 1.807) is 25.3 Å². The van der Waals surface area contributed by atoms with Gasteiger partial charge < -0.3 is 25.2 Å². The predicted octanol–water partition coefficient (Wildman–Crippen LogP) is 3.37. The Kier molecular flexibility index (Phi) is 8.86. The van der Waals surface area contributed by atoms with Crippen LogP contribution in [0.4, 0.5) is 5.69 Å². The van der Waals surface area contributed by atoms with Gasteiger partial charge in [0.25, 0.3) is 0 Å². The number of aliphatic imine (C=N–C) groups is 2. The van der Waals surface area contributed by atoms with Crippen molar-refractivity contribution >= 4 is 52.4 Å². The Labute approximate surface area is 236 Å². The number of nitrogens with one attached hydrogen (secondary N) is 2. The number of allylic oxidation sites excluding steroid dienone is 1. The number of hydrogen-bond donors (Lipinski definition) is 3. The molecule has 0 aliphatic carbocycles. The second kappa shape index (κ2) is 12.3. The molecule has 4 rings (SSSR count). The Morgan fingerprint density at radius 3 is 2.73 bits per heavy atom. The molecular weight excluding hydrogens is 534 g/mol. The summed E-state index contributed by atoms with van der Waals surface area (Å²) in [5, 5.41) is 4.09. The number of anilines is 1. The number of carbonyl (C=O) groups is 1. The topological polar surface area (TPSA) is 147 Å². The van der Waals surface area contributed by atoms with E-state index in [0.717, 1.165) is 24.2 Å². The fraction of sp³-hybridized carbons (Fsp3) is 0.321. The maximum atomic E-state index is 13.5. The molecule has 11 nitrogen and oxygen atoms in total. The first kappa shape index (κ1) is 28.8. The molecule has 0 saturated carbocycles. The number of likely N-dealkylation sites (tertiary alicyclic amines) is 1. The molecule has 0 amide bonds. The molecule has 0 bridgehead atoms. The van der Waals surface area contributed by atoms with Crippen LogP contribution in [0.2, 0.25) is 5.15 Å². The van der Waals surface area contributed by atoms with Crippen molar-refractivity contribution in [1.29, 1.82) is 0 Å². The SMILES string of the molecule is CN=C(NOC=O)c1nc(Cl)ccc1NC(C)c1cc(C)cc2c(=O)c(C)c(/C(C=NC3CN(C)C3)=C/N)oc12. The van der Waals surface area contributed by atoms with Crippen molar-refractivity contribution in [3.63, 3.8) is 0 Å². The number of aryl methyl sites for hydroxylation is 1. The van der Waals surface area contributed by atoms with Crippen LogP contribution in [0, 0.1) is 13.8 Å². The minimum Gasteiger partial charge on any atom is -0.455 e. The Hall–Kier alpha value is -4.22. The van der Waals surface area contributed by atoms with Gasteiger partial charge in [-0.25, -0.2) is 4.98 Å². The minimum absolute atomic E-state index is 0.144. The standard InChI is InChI=1S/C28H32ClN7O4/c1-15-8-20(17(3)33-22-6-7-23(29)34-24(22)28(31-4)35-39-14-37)27-21(9-15)25(38)16(2)26(40-27)18(10-30)11-32-19-12-36(5)13-19/h6-11,14,17,19,33H,12-13,30H2,1-5H3,(H,31,35)/b18-10+,32-11?. The lowest BCUT2D eigenvalue weighted by molar-refractivity contribution is -0.132. The van der Waals surface area contributed by atoms with Crippen molar-refractivity contribution in [2.75, 3.05) is 32.5 Å². The molecule has 0 radical (unpaired) electrons. The molecule has 40 heavy (non-hydrogen) atoms. The second-order valence-corrected chi connectivity index (χ2v) is 10.1. The smallest absolute Gasteiger partial charge is 0.320 e. The number of fused-ring (bicyclic) bond motifs is 1. The number of aromatic nitrogens is 1. The van der Waals surface area contributed by atoms with Gasteiger partial charge in [-0.05, 0) is 51.6 Å². The first-order valence-corrected chi connectivity index (χ1v) is 13.0. The van der Waals surface area contributed by atoms with Crippen LogP contribution in [-0.4, -0.2) is 61.6 Å². The Bertz CT molecular complexity index is 1580. The molecule has 1 saturated heterocycles. The summed E-state index contributed by atoms with van der Waals surface area (Å²) in [5.74, 6) is 0.565. The first-order valence-electron chi connectivity index (χ1n) is 12.6. The zero-order valence-electron chi connectivity index (χ0n) is 23.0. The van der Waals surface area contributed by atoms with E-state index in [1.165, 1.54) is 13.2 Å². The highest BCUT2D eigenvalue weighted by molar-refractivity contribution is 6.29. The van der Waals surface area contributed by atoms with Gasteiger partial charge in [0, 0.05) is 43.7 Å². The number of hydroxylamine groups is 1. The van der Waals surface area contributed by atoms with Crippen molar-refractivity contribution in [3.05, 3.63) is 74.0 Å². The molecule has 3 aromatic rings. The summed E-state index contributed by atoms with van der Waals surface area (Å²) in [6.07, 6.45) is 3.08. The van der Waals surface area contributed by atoms with E-state index in [9.17, 15) is 9.59 Å². The third-order valence-electron chi connectivity index (χ3n) is 6.65. The second-order valence-electron chi connectivity index (χ2n) is 9.68. The van der Waals surface area contributed by atoms with Crippen molar-refractivity contribution in [2.24, 2.45) is 15.7 Å². The number of pyridine rings is 1. The van der Waals surface area contributed by atoms with Crippen molar-refractivity contribution < 1.29 is 14.0 Å². The van der Waals surface area contributed by atoms with Crippen LogP contribution in [-0.2, 0) is 9.63 Å². The zero-order chi connectivity index (χ0) is 29.0. The number of likely N-dealkylation sites (N-methyl/N-ethyl adjacent to an activating group) is 1. The molecule has 0 spiro atoms. The van der Waals surface area contributed by atoms with Gasteiger partial charge in [0.05, 0.1) is 28.7 Å². The molecule has 2 aromatic heterocycles. The van der Waals surface area contributed by atoms with Gasteiger partial charge >= 0.3 is 6.47 Å². The average molecular weight is 566 g/mol. The number of nitrogens with zero attached hydrogens (tertiary/aromatic N) is 4. The van der Waals surface area contributed by atoms with Crippen LogP contribution in [0.5, 0.6) is 0 Å². The molecule has 1 atom stereocenters. The molecule has 1 aliphatic heterocycles. The maximum Gasteiger partial charge on any atom is 0.320 e. The highest BCUT2D eigenvalue weighted by Gasteiger charge is 2.23. The van der Waals surface area contributed by atoms with Crippen LogP contribution in [0.3, 0.4) is 0 Å². The lowest BCUT2D eigenvalue weighted by Gasteiger charge is -2.33. The van der Waals surface area contributed by atoms with Crippen molar-refractivity contribution in [3.8, 4) is 0 Å². The summed E-state index contributed by atoms with van der Waals surface area (Å²) in [6, 6.07) is 6.95. The number of carbonyl (C=O) groups excluding carboxylic acids is 1. The fourth-order valence-electron chi connectivity index (χ4n) is 4.61. The number of nitrogens with two attached hydrogens (primary N) is 1. The molecule has 210 valence electrons. The monoisotopic (exact) mass is 565 g/mol. The summed E-state index contributed by atoms with van der Waals surface area (Å²) in [6.45, 7) is 7.55. The van der Waals surface area contributed by atoms with E-state index in [1.807, 2.05) is 33.0 Å². The summed E-state index contributed by atoms with van der Waals surface area (Å²) in [4.78, 5) is 44.2. The molecule has 4 N–H and O–H groups in total. The van der Waals surface area contributed by atoms with E-state index in [2.05, 4.69) is 35.5 Å². The van der Waals surface area contributed by atoms with Gasteiger partial charge in [-0.15, -0.1) is 0 Å². The van der Waals surface area contributed by atoms with Gasteiger partial charge in [0.1, 0.15) is 22.2 Å². The first-order chi connectivity index (χ1) is 19.2. The summed E-state index contributed by atoms with van der Waals surface area (Å²) < 4.78 is 6.43. The maximum absolute atomic E-state index is 13.5. The van der Waals surface area contributed by atoms with E-state index >= 15 is 0 Å². The third kappa shape index (κ3) is 6.00. The number of hydrogen-bond acceptors (Lipinski definition) is 10. The predicted molar refractivity (Wildman–Crippen MR) is 158 cm³/mol. The van der Waals surface area contributed by atoms with E-state index < -0.39 is 0 Å². The highest BCUT2D eigenvalue weighted by atomic mass is 35.5. The number of halogens is 1. The molecular formula is C28H32ClN7O4. The number of benzene rings is 1. The number of rotatable bonds is 9. The average Bonchev–Trinajstić information content (AvgIpc) is 2.92. The van der Waals surface area contributed by atoms with Crippen LogP contribution in [0.15, 0.2) is 49.7 Å². The van der Waals surface area contributed by atoms with E-state index in [4.69, 9.17) is 21.8 Å². The summed E-state index contributed by atoms with van der Waals surface area (Å²) >= 11 is 6.15. The lowest BCUT2D eigenvalue weighted by atomic mass is 9.99. The normalized spacial score (nSPS) is 15.8. The largest absolute Gasteiger partial charge is 0.455 e. The molecule has 12 heteroatoms. The van der Waals surface area contributed by atoms with E-state index in [0.29, 0.717) is 39.2 Å². The highest BCUT2D eigenvalue weighted by Crippen LogP contribution is 2.31. The van der Waals surface area contributed by atoms with Gasteiger partial charge in [0.2, 0.25) is 0 Å². The van der Waals surface area contributed by atoms with E-state index in [-0.39, 0.29) is 35.0 Å². The molecule has 1 unspecified atom stereocenters. The van der Waals surface area contributed by atoms with Crippen LogP contribution in [0.1, 0.15) is 41.1 Å². The lowest BCUT2D eigenvalue weighted by Crippen LogP contribution is -2.46. The van der Waals surface area contributed by atoms with Crippen molar-refractivity contribution in [1.82, 2.24) is 15.4 Å². The zero-order valence-corrected chi connectivity index (χ0v) is 23.7. The quantitative estimate of drug-likeness (QED) is 0.117. The van der Waals surface area contributed by atoms with Crippen LogP contribution >= 0.6 is 11.6 Å². The van der Waals surface area contributed by atoms with Gasteiger partial charge in [-0.2, -0.15) is 5.48 Å². The van der Waals surface area contributed by atoms with Gasteiger partial charge in [-0.3, -0.25) is 19.6 Å².